The molecule has 3 aromatic carbocycles. The zero-order chi connectivity index (χ0) is 18.6. The molecule has 1 aliphatic rings. The largest absolute Gasteiger partial charge is 0.378 e. The smallest absolute Gasteiger partial charge is 0.0561 e. The topological polar surface area (TPSA) is 27.6 Å². The molecule has 1 atom stereocenters. The number of nitrogens with one attached hydrogen (secondary N) is 1. The third kappa shape index (κ3) is 3.63. The van der Waals surface area contributed by atoms with E-state index in [-0.39, 0.29) is 5.92 Å². The summed E-state index contributed by atoms with van der Waals surface area (Å²) < 4.78 is 0. The Morgan fingerprint density at radius 1 is 0.926 bits per heavy atom. The molecule has 1 N–H and O–H groups in total. The highest BCUT2D eigenvalue weighted by Gasteiger charge is 2.17. The molecule has 3 aromatic rings. The van der Waals surface area contributed by atoms with Gasteiger partial charge in [0.25, 0.3) is 0 Å². The van der Waals surface area contributed by atoms with Gasteiger partial charge in [0, 0.05) is 31.3 Å². The third-order valence-electron chi connectivity index (χ3n) is 4.87. The number of hydrazone groups is 1. The van der Waals surface area contributed by atoms with Crippen molar-refractivity contribution in [1.29, 1.82) is 0 Å². The Morgan fingerprint density at radius 2 is 1.70 bits per heavy atom. The Balaban J connectivity index is 1.74. The molecule has 0 aromatic heterocycles. The van der Waals surface area contributed by atoms with Crippen LogP contribution in [0, 0.1) is 0 Å². The van der Waals surface area contributed by atoms with Crippen LogP contribution in [0.5, 0.6) is 0 Å². The van der Waals surface area contributed by atoms with Crippen molar-refractivity contribution in [2.75, 3.05) is 19.5 Å². The fourth-order valence-electron chi connectivity index (χ4n) is 3.42. The van der Waals surface area contributed by atoms with Gasteiger partial charge in [0.05, 0.1) is 11.9 Å². The van der Waals surface area contributed by atoms with Gasteiger partial charge in [-0.3, -0.25) is 5.43 Å². The van der Waals surface area contributed by atoms with Crippen LogP contribution in [0.3, 0.4) is 0 Å². The number of anilines is 1. The van der Waals surface area contributed by atoms with Gasteiger partial charge in [0.15, 0.2) is 0 Å². The minimum Gasteiger partial charge on any atom is -0.378 e. The van der Waals surface area contributed by atoms with E-state index in [1.165, 1.54) is 22.0 Å². The molecule has 0 spiro atoms. The van der Waals surface area contributed by atoms with E-state index in [0.717, 1.165) is 11.3 Å². The summed E-state index contributed by atoms with van der Waals surface area (Å²) in [6, 6.07) is 22.9. The van der Waals surface area contributed by atoms with Gasteiger partial charge in [0.1, 0.15) is 0 Å². The summed E-state index contributed by atoms with van der Waals surface area (Å²) in [5, 5.41) is 6.96. The monoisotopic (exact) mass is 353 g/mol. The lowest BCUT2D eigenvalue weighted by atomic mass is 9.91. The van der Waals surface area contributed by atoms with E-state index in [4.69, 9.17) is 0 Å². The molecule has 0 heterocycles. The fraction of sp³-hybridized carbons (Fsp3) is 0.125. The quantitative estimate of drug-likeness (QED) is 0.492. The average Bonchev–Trinajstić information content (AvgIpc) is 3.19. The van der Waals surface area contributed by atoms with E-state index in [2.05, 4.69) is 84.1 Å². The molecule has 3 nitrogen and oxygen atoms in total. The SMILES string of the molecule is CN(C)C1=CC(c2ccc3ccccc3c2C=NNc2ccccc2)C=C1. The van der Waals surface area contributed by atoms with Crippen molar-refractivity contribution in [3.8, 4) is 0 Å². The molecule has 0 amide bonds. The van der Waals surface area contributed by atoms with E-state index < -0.39 is 0 Å². The van der Waals surface area contributed by atoms with Gasteiger partial charge in [-0.1, -0.05) is 60.7 Å². The second-order valence-corrected chi connectivity index (χ2v) is 6.90. The minimum absolute atomic E-state index is 0.255. The molecule has 1 aliphatic carbocycles. The molecule has 4 rings (SSSR count). The maximum atomic E-state index is 4.52. The lowest BCUT2D eigenvalue weighted by Crippen LogP contribution is -2.08. The van der Waals surface area contributed by atoms with Crippen LogP contribution in [0.4, 0.5) is 5.69 Å². The van der Waals surface area contributed by atoms with Crippen molar-refractivity contribution in [3.05, 3.63) is 102 Å². The van der Waals surface area contributed by atoms with E-state index in [9.17, 15) is 0 Å². The van der Waals surface area contributed by atoms with Crippen LogP contribution in [0.2, 0.25) is 0 Å². The molecule has 1 unspecified atom stereocenters. The van der Waals surface area contributed by atoms with Crippen LogP contribution in [-0.2, 0) is 0 Å². The first-order valence-corrected chi connectivity index (χ1v) is 9.15. The van der Waals surface area contributed by atoms with Crippen molar-refractivity contribution in [2.45, 2.75) is 5.92 Å². The van der Waals surface area contributed by atoms with Crippen LogP contribution >= 0.6 is 0 Å². The van der Waals surface area contributed by atoms with Crippen LogP contribution in [0.15, 0.2) is 95.8 Å². The van der Waals surface area contributed by atoms with Gasteiger partial charge in [-0.25, -0.2) is 0 Å². The first kappa shape index (κ1) is 17.1. The van der Waals surface area contributed by atoms with Gasteiger partial charge in [-0.15, -0.1) is 0 Å². The first-order valence-electron chi connectivity index (χ1n) is 9.15. The zero-order valence-electron chi connectivity index (χ0n) is 15.6. The molecule has 3 heteroatoms. The van der Waals surface area contributed by atoms with E-state index >= 15 is 0 Å². The summed E-state index contributed by atoms with van der Waals surface area (Å²) in [5.41, 5.74) is 7.76. The number of allylic oxidation sites excluding steroid dienone is 3. The highest BCUT2D eigenvalue weighted by molar-refractivity contribution is 6.01. The standard InChI is InChI=1S/C24H23N3/c1-27(2)21-14-12-19(16-21)23-15-13-18-8-6-7-11-22(18)24(23)17-25-26-20-9-4-3-5-10-20/h3-17,19,26H,1-2H3. The van der Waals surface area contributed by atoms with Crippen molar-refractivity contribution in [2.24, 2.45) is 5.10 Å². The number of rotatable bonds is 5. The maximum Gasteiger partial charge on any atom is 0.0561 e. The lowest BCUT2D eigenvalue weighted by Gasteiger charge is -2.14. The number of nitrogens with zero attached hydrogens (tertiary/aromatic N) is 2. The zero-order valence-corrected chi connectivity index (χ0v) is 15.6. The molecule has 134 valence electrons. The second kappa shape index (κ2) is 7.50. The Morgan fingerprint density at radius 3 is 2.48 bits per heavy atom. The maximum absolute atomic E-state index is 4.52. The Bertz CT molecular complexity index is 1030. The van der Waals surface area contributed by atoms with Gasteiger partial charge in [-0.05, 0) is 40.6 Å². The number of hydrogen-bond acceptors (Lipinski definition) is 3. The number of likely N-dealkylation sites (N-methyl/N-ethyl adjacent to an activating group) is 1. The summed E-state index contributed by atoms with van der Waals surface area (Å²) in [5.74, 6) is 0.255. The normalized spacial score (nSPS) is 16.1. The number of fused-ring (bicyclic) bond motifs is 1. The molecule has 0 fully saturated rings. The van der Waals surface area contributed by atoms with Gasteiger partial charge < -0.3 is 4.90 Å². The summed E-state index contributed by atoms with van der Waals surface area (Å²) >= 11 is 0. The van der Waals surface area contributed by atoms with E-state index in [0.29, 0.717) is 0 Å². The average molecular weight is 353 g/mol. The highest BCUT2D eigenvalue weighted by Crippen LogP contribution is 2.32. The molecule has 0 radical (unpaired) electrons. The third-order valence-corrected chi connectivity index (χ3v) is 4.87. The number of para-hydroxylation sites is 1. The molecular weight excluding hydrogens is 330 g/mol. The number of benzene rings is 3. The molecule has 27 heavy (non-hydrogen) atoms. The fourth-order valence-corrected chi connectivity index (χ4v) is 3.42. The minimum atomic E-state index is 0.255. The Hall–Kier alpha value is -3.33. The van der Waals surface area contributed by atoms with Gasteiger partial charge in [-0.2, -0.15) is 5.10 Å². The second-order valence-electron chi connectivity index (χ2n) is 6.90. The van der Waals surface area contributed by atoms with Crippen LogP contribution < -0.4 is 5.43 Å². The Kier molecular flexibility index (Phi) is 4.75. The first-order chi connectivity index (χ1) is 13.2. The molecule has 0 bridgehead atoms. The highest BCUT2D eigenvalue weighted by atomic mass is 15.3. The van der Waals surface area contributed by atoms with Gasteiger partial charge in [0.2, 0.25) is 0 Å². The predicted molar refractivity (Wildman–Crippen MR) is 115 cm³/mol. The summed E-state index contributed by atoms with van der Waals surface area (Å²) in [4.78, 5) is 2.14. The van der Waals surface area contributed by atoms with Crippen LogP contribution in [-0.4, -0.2) is 25.2 Å². The van der Waals surface area contributed by atoms with Gasteiger partial charge >= 0.3 is 0 Å². The van der Waals surface area contributed by atoms with Crippen molar-refractivity contribution in [1.82, 2.24) is 4.90 Å². The van der Waals surface area contributed by atoms with Crippen molar-refractivity contribution in [3.63, 3.8) is 0 Å². The van der Waals surface area contributed by atoms with E-state index in [1.807, 2.05) is 36.5 Å². The van der Waals surface area contributed by atoms with Crippen LogP contribution in [0.25, 0.3) is 10.8 Å². The summed E-state index contributed by atoms with van der Waals surface area (Å²) in [7, 11) is 4.15. The van der Waals surface area contributed by atoms with Crippen molar-refractivity contribution < 1.29 is 0 Å². The molecule has 0 saturated heterocycles. The molecule has 0 saturated carbocycles. The lowest BCUT2D eigenvalue weighted by molar-refractivity contribution is 0.530. The molecule has 0 aliphatic heterocycles. The summed E-state index contributed by atoms with van der Waals surface area (Å²) in [6.07, 6.45) is 8.68. The molecular formula is C24H23N3. The Labute approximate surface area is 160 Å². The predicted octanol–water partition coefficient (Wildman–Crippen LogP) is 5.38. The number of hydrogen-bond donors (Lipinski definition) is 1. The van der Waals surface area contributed by atoms with Crippen molar-refractivity contribution >= 4 is 22.7 Å². The van der Waals surface area contributed by atoms with Crippen LogP contribution in [0.1, 0.15) is 17.0 Å². The van der Waals surface area contributed by atoms with E-state index in [1.54, 1.807) is 0 Å². The summed E-state index contributed by atoms with van der Waals surface area (Å²) in [6.45, 7) is 0.